The Labute approximate surface area is 148 Å². The Morgan fingerprint density at radius 3 is 2.83 bits per heavy atom. The van der Waals surface area contributed by atoms with Crippen LogP contribution in [0.3, 0.4) is 0 Å². The number of ether oxygens (including phenoxy) is 1. The molecule has 0 bridgehead atoms. The lowest BCUT2D eigenvalue weighted by Crippen LogP contribution is -2.47. The average molecular weight is 352 g/mol. The van der Waals surface area contributed by atoms with Crippen LogP contribution in [-0.2, 0) is 20.7 Å². The molecular formula is C18H28N2O3S. The fourth-order valence-corrected chi connectivity index (χ4v) is 3.97. The largest absolute Gasteiger partial charge is 0.469 e. The lowest BCUT2D eigenvalue weighted by molar-refractivity contribution is -0.156. The number of carbonyl (C=O) groups is 2. The van der Waals surface area contributed by atoms with Crippen molar-refractivity contribution < 1.29 is 14.3 Å². The van der Waals surface area contributed by atoms with Crippen molar-refractivity contribution in [2.45, 2.75) is 52.9 Å². The summed E-state index contributed by atoms with van der Waals surface area (Å²) >= 11 is 1.65. The van der Waals surface area contributed by atoms with Crippen LogP contribution in [0.15, 0.2) is 5.38 Å². The summed E-state index contributed by atoms with van der Waals surface area (Å²) in [6, 6.07) is 0. The molecule has 1 amide bonds. The number of carbonyl (C=O) groups excluding carboxylic acids is 2. The summed E-state index contributed by atoms with van der Waals surface area (Å²) < 4.78 is 4.93. The van der Waals surface area contributed by atoms with Gasteiger partial charge in [0.15, 0.2) is 0 Å². The SMILES string of the molecule is COC(=O)C(C)(C)C1CCCN(C(=O)CCCc2csc(C)n2)C1. The quantitative estimate of drug-likeness (QED) is 0.738. The molecule has 0 spiro atoms. The minimum atomic E-state index is -0.550. The molecule has 24 heavy (non-hydrogen) atoms. The minimum absolute atomic E-state index is 0.156. The van der Waals surface area contributed by atoms with Crippen LogP contribution in [0.4, 0.5) is 0 Å². The third-order valence-corrected chi connectivity index (χ3v) is 5.82. The zero-order valence-corrected chi connectivity index (χ0v) is 15.9. The summed E-state index contributed by atoms with van der Waals surface area (Å²) in [7, 11) is 1.43. The van der Waals surface area contributed by atoms with Crippen molar-refractivity contribution in [1.29, 1.82) is 0 Å². The van der Waals surface area contributed by atoms with Crippen molar-refractivity contribution in [3.8, 4) is 0 Å². The number of aryl methyl sites for hydroxylation is 2. The Balaban J connectivity index is 1.84. The van der Waals surface area contributed by atoms with Gasteiger partial charge in [-0.15, -0.1) is 11.3 Å². The molecule has 0 radical (unpaired) electrons. The lowest BCUT2D eigenvalue weighted by Gasteiger charge is -2.39. The number of hydrogen-bond donors (Lipinski definition) is 0. The van der Waals surface area contributed by atoms with Gasteiger partial charge in [-0.05, 0) is 52.4 Å². The Bertz CT molecular complexity index is 583. The highest BCUT2D eigenvalue weighted by Gasteiger charge is 2.40. The first-order chi connectivity index (χ1) is 11.3. The number of likely N-dealkylation sites (tertiary alicyclic amines) is 1. The van der Waals surface area contributed by atoms with Crippen LogP contribution in [0.1, 0.15) is 50.2 Å². The van der Waals surface area contributed by atoms with E-state index >= 15 is 0 Å². The number of hydrogen-bond acceptors (Lipinski definition) is 5. The molecule has 1 saturated heterocycles. The van der Waals surface area contributed by atoms with Gasteiger partial charge in [0.1, 0.15) is 0 Å². The van der Waals surface area contributed by atoms with Gasteiger partial charge in [-0.25, -0.2) is 4.98 Å². The van der Waals surface area contributed by atoms with Crippen LogP contribution in [0.5, 0.6) is 0 Å². The van der Waals surface area contributed by atoms with E-state index in [1.165, 1.54) is 7.11 Å². The molecule has 6 heteroatoms. The Morgan fingerprint density at radius 2 is 2.21 bits per heavy atom. The molecule has 134 valence electrons. The summed E-state index contributed by atoms with van der Waals surface area (Å²) in [5, 5.41) is 3.13. The molecule has 0 saturated carbocycles. The minimum Gasteiger partial charge on any atom is -0.469 e. The fraction of sp³-hybridized carbons (Fsp3) is 0.722. The van der Waals surface area contributed by atoms with E-state index in [4.69, 9.17) is 4.74 Å². The van der Waals surface area contributed by atoms with Gasteiger partial charge in [0, 0.05) is 24.9 Å². The number of piperidine rings is 1. The number of methoxy groups -OCH3 is 1. The van der Waals surface area contributed by atoms with E-state index in [1.54, 1.807) is 11.3 Å². The molecule has 1 aliphatic rings. The summed E-state index contributed by atoms with van der Waals surface area (Å²) in [4.78, 5) is 30.9. The number of rotatable bonds is 6. The first-order valence-electron chi connectivity index (χ1n) is 8.61. The first kappa shape index (κ1) is 18.9. The van der Waals surface area contributed by atoms with Crippen LogP contribution in [0, 0.1) is 18.3 Å². The third-order valence-electron chi connectivity index (χ3n) is 5.00. The molecule has 1 aliphatic heterocycles. The van der Waals surface area contributed by atoms with Crippen molar-refractivity contribution in [2.75, 3.05) is 20.2 Å². The van der Waals surface area contributed by atoms with E-state index in [-0.39, 0.29) is 17.8 Å². The van der Waals surface area contributed by atoms with Gasteiger partial charge in [0.2, 0.25) is 5.91 Å². The van der Waals surface area contributed by atoms with E-state index < -0.39 is 5.41 Å². The van der Waals surface area contributed by atoms with Gasteiger partial charge < -0.3 is 9.64 Å². The molecule has 0 N–H and O–H groups in total. The normalized spacial score (nSPS) is 18.5. The maximum Gasteiger partial charge on any atom is 0.311 e. The summed E-state index contributed by atoms with van der Waals surface area (Å²) in [5.74, 6) is 0.150. The van der Waals surface area contributed by atoms with E-state index in [0.29, 0.717) is 13.0 Å². The zero-order chi connectivity index (χ0) is 17.7. The lowest BCUT2D eigenvalue weighted by atomic mass is 9.74. The summed E-state index contributed by atoms with van der Waals surface area (Å²) in [5.41, 5.74) is 0.528. The summed E-state index contributed by atoms with van der Waals surface area (Å²) in [6.07, 6.45) is 4.12. The molecule has 0 aromatic carbocycles. The fourth-order valence-electron chi connectivity index (χ4n) is 3.32. The Morgan fingerprint density at radius 1 is 1.46 bits per heavy atom. The maximum atomic E-state index is 12.5. The Kier molecular flexibility index (Phi) is 6.38. The van der Waals surface area contributed by atoms with Crippen molar-refractivity contribution in [2.24, 2.45) is 11.3 Å². The molecule has 1 unspecified atom stereocenters. The van der Waals surface area contributed by atoms with Crippen molar-refractivity contribution >= 4 is 23.2 Å². The second-order valence-corrected chi connectivity index (χ2v) is 8.17. The second kappa shape index (κ2) is 8.10. The number of thiazole rings is 1. The van der Waals surface area contributed by atoms with E-state index in [9.17, 15) is 9.59 Å². The monoisotopic (exact) mass is 352 g/mol. The predicted molar refractivity (Wildman–Crippen MR) is 94.9 cm³/mol. The Hall–Kier alpha value is -1.43. The number of amides is 1. The molecular weight excluding hydrogens is 324 g/mol. The molecule has 2 heterocycles. The highest BCUT2D eigenvalue weighted by Crippen LogP contribution is 2.35. The van der Waals surface area contributed by atoms with Gasteiger partial charge in [-0.3, -0.25) is 9.59 Å². The predicted octanol–water partition coefficient (Wildman–Crippen LogP) is 3.21. The van der Waals surface area contributed by atoms with Crippen LogP contribution in [0.25, 0.3) is 0 Å². The van der Waals surface area contributed by atoms with Gasteiger partial charge in [-0.2, -0.15) is 0 Å². The first-order valence-corrected chi connectivity index (χ1v) is 9.49. The van der Waals surface area contributed by atoms with Crippen molar-refractivity contribution in [3.63, 3.8) is 0 Å². The van der Waals surface area contributed by atoms with E-state index in [2.05, 4.69) is 10.4 Å². The van der Waals surface area contributed by atoms with Gasteiger partial charge in [0.25, 0.3) is 0 Å². The molecule has 2 rings (SSSR count). The summed E-state index contributed by atoms with van der Waals surface area (Å²) in [6.45, 7) is 7.28. The van der Waals surface area contributed by atoms with E-state index in [0.717, 1.165) is 42.9 Å². The molecule has 1 aromatic rings. The highest BCUT2D eigenvalue weighted by atomic mass is 32.1. The number of nitrogens with zero attached hydrogens (tertiary/aromatic N) is 2. The highest BCUT2D eigenvalue weighted by molar-refractivity contribution is 7.09. The third kappa shape index (κ3) is 4.56. The smallest absolute Gasteiger partial charge is 0.311 e. The average Bonchev–Trinajstić information content (AvgIpc) is 2.99. The number of aromatic nitrogens is 1. The molecule has 0 aliphatic carbocycles. The zero-order valence-electron chi connectivity index (χ0n) is 15.1. The van der Waals surface area contributed by atoms with Crippen LogP contribution in [0.2, 0.25) is 0 Å². The number of esters is 1. The van der Waals surface area contributed by atoms with Crippen LogP contribution in [-0.4, -0.2) is 42.0 Å². The van der Waals surface area contributed by atoms with Crippen LogP contribution >= 0.6 is 11.3 Å². The van der Waals surface area contributed by atoms with Crippen molar-refractivity contribution in [3.05, 3.63) is 16.1 Å². The van der Waals surface area contributed by atoms with Gasteiger partial charge in [0.05, 0.1) is 23.2 Å². The van der Waals surface area contributed by atoms with Gasteiger partial charge >= 0.3 is 5.97 Å². The van der Waals surface area contributed by atoms with Crippen molar-refractivity contribution in [1.82, 2.24) is 9.88 Å². The standard InChI is InChI=1S/C18H28N2O3S/c1-13-19-15(12-24-13)8-5-9-16(21)20-10-6-7-14(11-20)18(2,3)17(22)23-4/h12,14H,5-11H2,1-4H3. The van der Waals surface area contributed by atoms with E-state index in [1.807, 2.05) is 25.7 Å². The molecule has 1 aromatic heterocycles. The molecule has 1 atom stereocenters. The van der Waals surface area contributed by atoms with Crippen LogP contribution < -0.4 is 0 Å². The molecule has 1 fully saturated rings. The second-order valence-electron chi connectivity index (χ2n) is 7.10. The van der Waals surface area contributed by atoms with Gasteiger partial charge in [-0.1, -0.05) is 0 Å². The maximum absolute atomic E-state index is 12.5. The topological polar surface area (TPSA) is 59.5 Å². The molecule has 5 nitrogen and oxygen atoms in total.